The number of H-pyrrole nitrogens is 1. The average molecular weight is 250 g/mol. The summed E-state index contributed by atoms with van der Waals surface area (Å²) >= 11 is 4.85. The highest BCUT2D eigenvalue weighted by atomic mass is 32.1. The molecule has 0 saturated carbocycles. The van der Waals surface area contributed by atoms with Gasteiger partial charge in [0.2, 0.25) is 0 Å². The van der Waals surface area contributed by atoms with Crippen LogP contribution in [0, 0.1) is 11.8 Å². The first kappa shape index (κ1) is 11.9. The zero-order valence-corrected chi connectivity index (χ0v) is 10.8. The molecule has 0 aliphatic heterocycles. The lowest BCUT2D eigenvalue weighted by Crippen LogP contribution is -2.25. The topological polar surface area (TPSA) is 51.0 Å². The fraction of sp³-hybridized carbons (Fsp3) is 0.333. The molecule has 1 N–H and O–H groups in total. The number of hydrogen-bond donors (Lipinski definition) is 1. The fourth-order valence-electron chi connectivity index (χ4n) is 1.50. The van der Waals surface area contributed by atoms with Crippen LogP contribution < -0.4 is 4.74 Å². The molecule has 1 aromatic heterocycles. The number of ether oxygens (including phenoxy) is 1. The Morgan fingerprint density at radius 3 is 2.76 bits per heavy atom. The third-order valence-electron chi connectivity index (χ3n) is 2.32. The van der Waals surface area contributed by atoms with Crippen molar-refractivity contribution in [3.8, 4) is 5.75 Å². The van der Waals surface area contributed by atoms with Crippen LogP contribution in [0.4, 0.5) is 0 Å². The van der Waals surface area contributed by atoms with Gasteiger partial charge in [0, 0.05) is 0 Å². The number of aromatic amines is 1. The highest BCUT2D eigenvalue weighted by Gasteiger charge is 2.28. The van der Waals surface area contributed by atoms with Crippen molar-refractivity contribution in [1.82, 2.24) is 10.2 Å². The molecule has 0 radical (unpaired) electrons. The molecule has 0 atom stereocenters. The van der Waals surface area contributed by atoms with Crippen molar-refractivity contribution >= 4 is 12.2 Å². The van der Waals surface area contributed by atoms with E-state index in [2.05, 4.69) is 10.2 Å². The van der Waals surface area contributed by atoms with E-state index in [4.69, 9.17) is 21.4 Å². The zero-order chi connectivity index (χ0) is 12.5. The number of rotatable bonds is 3. The van der Waals surface area contributed by atoms with Crippen molar-refractivity contribution in [3.63, 3.8) is 0 Å². The Kier molecular flexibility index (Phi) is 3.02. The van der Waals surface area contributed by atoms with E-state index < -0.39 is 5.60 Å². The third-order valence-corrected chi connectivity index (χ3v) is 2.49. The number of nitrogens with one attached hydrogen (secondary N) is 1. The van der Waals surface area contributed by atoms with Crippen molar-refractivity contribution in [1.29, 1.82) is 0 Å². The SMILES string of the molecule is Cc1cccc(OC(C)(C)c2n[nH]c(=S)o2)c1. The second-order valence-electron chi connectivity index (χ2n) is 4.35. The lowest BCUT2D eigenvalue weighted by atomic mass is 10.1. The molecule has 1 aromatic carbocycles. The van der Waals surface area contributed by atoms with E-state index in [9.17, 15) is 0 Å². The standard InChI is InChI=1S/C12H14N2O2S/c1-8-5-4-6-9(7-8)16-12(2,3)10-13-14-11(17)15-10/h4-7H,1-3H3,(H,14,17). The number of benzene rings is 1. The Balaban J connectivity index is 2.25. The number of nitrogens with zero attached hydrogens (tertiary/aromatic N) is 1. The van der Waals surface area contributed by atoms with Crippen molar-refractivity contribution in [2.75, 3.05) is 0 Å². The lowest BCUT2D eigenvalue weighted by molar-refractivity contribution is 0.0757. The van der Waals surface area contributed by atoms with E-state index in [1.807, 2.05) is 45.0 Å². The van der Waals surface area contributed by atoms with Crippen molar-refractivity contribution in [2.24, 2.45) is 0 Å². The zero-order valence-electron chi connectivity index (χ0n) is 9.98. The maximum atomic E-state index is 5.86. The Bertz CT molecular complexity index is 572. The first-order chi connectivity index (χ1) is 7.97. The summed E-state index contributed by atoms with van der Waals surface area (Å²) in [5, 5.41) is 6.58. The summed E-state index contributed by atoms with van der Waals surface area (Å²) in [5.74, 6) is 1.21. The van der Waals surface area contributed by atoms with E-state index >= 15 is 0 Å². The van der Waals surface area contributed by atoms with Crippen LogP contribution in [0.1, 0.15) is 25.3 Å². The summed E-state index contributed by atoms with van der Waals surface area (Å²) in [6.45, 7) is 5.77. The third kappa shape index (κ3) is 2.74. The summed E-state index contributed by atoms with van der Waals surface area (Å²) in [4.78, 5) is 0.251. The van der Waals surface area contributed by atoms with Gasteiger partial charge < -0.3 is 9.15 Å². The molecular weight excluding hydrogens is 236 g/mol. The first-order valence-electron chi connectivity index (χ1n) is 5.29. The van der Waals surface area contributed by atoms with Gasteiger partial charge in [0.05, 0.1) is 0 Å². The predicted octanol–water partition coefficient (Wildman–Crippen LogP) is 3.35. The summed E-state index contributed by atoms with van der Waals surface area (Å²) in [7, 11) is 0. The van der Waals surface area contributed by atoms with E-state index in [1.165, 1.54) is 0 Å². The van der Waals surface area contributed by atoms with Crippen LogP contribution in [0.15, 0.2) is 28.7 Å². The summed E-state index contributed by atoms with van der Waals surface area (Å²) < 4.78 is 11.1. The molecule has 0 unspecified atom stereocenters. The molecule has 2 aromatic rings. The molecule has 0 amide bonds. The largest absolute Gasteiger partial charge is 0.478 e. The van der Waals surface area contributed by atoms with Crippen LogP contribution in [0.25, 0.3) is 0 Å². The number of aryl methyl sites for hydroxylation is 1. The maximum absolute atomic E-state index is 5.86. The quantitative estimate of drug-likeness (QED) is 0.849. The summed E-state index contributed by atoms with van der Waals surface area (Å²) in [6, 6.07) is 7.82. The van der Waals surface area contributed by atoms with Crippen LogP contribution in [0.3, 0.4) is 0 Å². The second kappa shape index (κ2) is 4.33. The normalized spacial score (nSPS) is 11.5. The summed E-state index contributed by atoms with van der Waals surface area (Å²) in [5.41, 5.74) is 0.475. The van der Waals surface area contributed by atoms with Gasteiger partial charge in [0.25, 0.3) is 10.7 Å². The highest BCUT2D eigenvalue weighted by Crippen LogP contribution is 2.26. The number of aromatic nitrogens is 2. The van der Waals surface area contributed by atoms with Crippen molar-refractivity contribution < 1.29 is 9.15 Å². The van der Waals surface area contributed by atoms with E-state index in [0.717, 1.165) is 11.3 Å². The van der Waals surface area contributed by atoms with Gasteiger partial charge in [-0.1, -0.05) is 12.1 Å². The van der Waals surface area contributed by atoms with Crippen LogP contribution in [0.5, 0.6) is 5.75 Å². The molecule has 0 spiro atoms. The Morgan fingerprint density at radius 1 is 1.41 bits per heavy atom. The molecule has 0 aliphatic carbocycles. The second-order valence-corrected chi connectivity index (χ2v) is 4.72. The fourth-order valence-corrected chi connectivity index (χ4v) is 1.63. The molecule has 0 bridgehead atoms. The van der Waals surface area contributed by atoms with Gasteiger partial charge in [0.15, 0.2) is 5.60 Å². The molecule has 5 heteroatoms. The summed E-state index contributed by atoms with van der Waals surface area (Å²) in [6.07, 6.45) is 0. The van der Waals surface area contributed by atoms with E-state index in [0.29, 0.717) is 5.89 Å². The van der Waals surface area contributed by atoms with Crippen molar-refractivity contribution in [3.05, 3.63) is 40.6 Å². The molecule has 1 heterocycles. The first-order valence-corrected chi connectivity index (χ1v) is 5.70. The Morgan fingerprint density at radius 2 is 2.18 bits per heavy atom. The van der Waals surface area contributed by atoms with Crippen LogP contribution in [-0.2, 0) is 5.60 Å². The maximum Gasteiger partial charge on any atom is 0.284 e. The van der Waals surface area contributed by atoms with E-state index in [-0.39, 0.29) is 4.84 Å². The van der Waals surface area contributed by atoms with Gasteiger partial charge in [-0.2, -0.15) is 0 Å². The Hall–Kier alpha value is -1.62. The molecule has 0 saturated heterocycles. The molecule has 90 valence electrons. The molecule has 4 nitrogen and oxygen atoms in total. The van der Waals surface area contributed by atoms with Gasteiger partial charge >= 0.3 is 0 Å². The van der Waals surface area contributed by atoms with Gasteiger partial charge in [-0.3, -0.25) is 0 Å². The van der Waals surface area contributed by atoms with Gasteiger partial charge in [-0.25, -0.2) is 5.10 Å². The monoisotopic (exact) mass is 250 g/mol. The molecule has 0 fully saturated rings. The van der Waals surface area contributed by atoms with Crippen LogP contribution >= 0.6 is 12.2 Å². The Labute approximate surface area is 105 Å². The van der Waals surface area contributed by atoms with Crippen LogP contribution in [0.2, 0.25) is 0 Å². The minimum Gasteiger partial charge on any atom is -0.478 e. The van der Waals surface area contributed by atoms with Gasteiger partial charge in [-0.05, 0) is 50.7 Å². The van der Waals surface area contributed by atoms with Crippen molar-refractivity contribution in [2.45, 2.75) is 26.4 Å². The molecule has 0 aliphatic rings. The number of hydrogen-bond acceptors (Lipinski definition) is 4. The smallest absolute Gasteiger partial charge is 0.284 e. The molecule has 2 rings (SSSR count). The van der Waals surface area contributed by atoms with Gasteiger partial charge in [-0.15, -0.1) is 5.10 Å². The average Bonchev–Trinajstić information content (AvgIpc) is 2.65. The molecule has 17 heavy (non-hydrogen) atoms. The molecular formula is C12H14N2O2S. The predicted molar refractivity (Wildman–Crippen MR) is 66.5 cm³/mol. The highest BCUT2D eigenvalue weighted by molar-refractivity contribution is 7.71. The lowest BCUT2D eigenvalue weighted by Gasteiger charge is -2.22. The minimum atomic E-state index is -0.665. The van der Waals surface area contributed by atoms with Crippen LogP contribution in [-0.4, -0.2) is 10.2 Å². The van der Waals surface area contributed by atoms with E-state index in [1.54, 1.807) is 0 Å². The minimum absolute atomic E-state index is 0.251. The van der Waals surface area contributed by atoms with Gasteiger partial charge in [0.1, 0.15) is 5.75 Å².